The van der Waals surface area contributed by atoms with Crippen molar-refractivity contribution in [1.29, 1.82) is 0 Å². The van der Waals surface area contributed by atoms with E-state index in [0.717, 1.165) is 30.9 Å². The lowest BCUT2D eigenvalue weighted by Crippen LogP contribution is -2.42. The quantitative estimate of drug-likeness (QED) is 0.532. The SMILES string of the molecule is C#CCSCCN[C@H]1CCCC[C@@H]1O. The molecule has 0 spiro atoms. The van der Waals surface area contributed by atoms with Crippen LogP contribution in [0.4, 0.5) is 0 Å². The summed E-state index contributed by atoms with van der Waals surface area (Å²) in [6.45, 7) is 0.952. The van der Waals surface area contributed by atoms with Gasteiger partial charge in [-0.1, -0.05) is 18.8 Å². The van der Waals surface area contributed by atoms with Crippen LogP contribution in [0, 0.1) is 12.3 Å². The van der Waals surface area contributed by atoms with Gasteiger partial charge in [-0.05, 0) is 12.8 Å². The fourth-order valence-corrected chi connectivity index (χ4v) is 2.32. The molecule has 0 unspecified atom stereocenters. The second-order valence-corrected chi connectivity index (χ2v) is 4.77. The van der Waals surface area contributed by atoms with Gasteiger partial charge in [-0.25, -0.2) is 0 Å². The molecule has 0 aromatic rings. The van der Waals surface area contributed by atoms with Crippen molar-refractivity contribution < 1.29 is 5.11 Å². The van der Waals surface area contributed by atoms with Crippen molar-refractivity contribution in [3.05, 3.63) is 0 Å². The summed E-state index contributed by atoms with van der Waals surface area (Å²) < 4.78 is 0. The van der Waals surface area contributed by atoms with Crippen LogP contribution >= 0.6 is 11.8 Å². The van der Waals surface area contributed by atoms with Gasteiger partial charge in [0.25, 0.3) is 0 Å². The Kier molecular flexibility index (Phi) is 6.09. The van der Waals surface area contributed by atoms with E-state index in [4.69, 9.17) is 6.42 Å². The zero-order valence-electron chi connectivity index (χ0n) is 8.54. The summed E-state index contributed by atoms with van der Waals surface area (Å²) in [4.78, 5) is 0. The summed E-state index contributed by atoms with van der Waals surface area (Å²) in [7, 11) is 0. The fourth-order valence-electron chi connectivity index (χ4n) is 1.80. The van der Waals surface area contributed by atoms with E-state index in [9.17, 15) is 5.11 Å². The summed E-state index contributed by atoms with van der Waals surface area (Å²) in [6, 6.07) is 0.315. The van der Waals surface area contributed by atoms with E-state index in [1.165, 1.54) is 12.8 Å². The molecule has 1 aliphatic carbocycles. The highest BCUT2D eigenvalue weighted by atomic mass is 32.2. The van der Waals surface area contributed by atoms with Crippen LogP contribution in [0.25, 0.3) is 0 Å². The molecule has 0 heterocycles. The van der Waals surface area contributed by atoms with Crippen molar-refractivity contribution in [2.45, 2.75) is 37.8 Å². The molecule has 0 radical (unpaired) electrons. The molecule has 0 aromatic heterocycles. The van der Waals surface area contributed by atoms with Crippen LogP contribution in [0.5, 0.6) is 0 Å². The Bertz CT molecular complexity index is 190. The number of rotatable bonds is 5. The third-order valence-corrected chi connectivity index (χ3v) is 3.43. The molecule has 1 aliphatic rings. The third-order valence-electron chi connectivity index (χ3n) is 2.57. The van der Waals surface area contributed by atoms with Crippen LogP contribution in [0.1, 0.15) is 25.7 Å². The standard InChI is InChI=1S/C11H19NOS/c1-2-8-14-9-7-12-10-5-3-4-6-11(10)13/h1,10-13H,3-9H2/t10-,11-/m0/s1. The number of thioether (sulfide) groups is 1. The fraction of sp³-hybridized carbons (Fsp3) is 0.818. The first-order valence-corrected chi connectivity index (χ1v) is 6.42. The van der Waals surface area contributed by atoms with Crippen molar-refractivity contribution >= 4 is 11.8 Å². The van der Waals surface area contributed by atoms with Gasteiger partial charge in [-0.15, -0.1) is 18.2 Å². The molecular formula is C11H19NOS. The molecule has 2 nitrogen and oxygen atoms in total. The minimum absolute atomic E-state index is 0.138. The molecular weight excluding hydrogens is 194 g/mol. The molecule has 0 bridgehead atoms. The Morgan fingerprint density at radius 1 is 1.43 bits per heavy atom. The van der Waals surface area contributed by atoms with Gasteiger partial charge in [0.1, 0.15) is 0 Å². The molecule has 0 aromatic carbocycles. The second kappa shape index (κ2) is 7.17. The zero-order chi connectivity index (χ0) is 10.2. The number of aliphatic hydroxyl groups is 1. The van der Waals surface area contributed by atoms with Crippen LogP contribution < -0.4 is 5.32 Å². The number of hydrogen-bond acceptors (Lipinski definition) is 3. The Morgan fingerprint density at radius 3 is 2.93 bits per heavy atom. The molecule has 3 heteroatoms. The van der Waals surface area contributed by atoms with Crippen LogP contribution in [-0.4, -0.2) is 35.3 Å². The first-order valence-electron chi connectivity index (χ1n) is 5.27. The highest BCUT2D eigenvalue weighted by Crippen LogP contribution is 2.18. The third kappa shape index (κ3) is 4.36. The maximum Gasteiger partial charge on any atom is 0.0693 e. The summed E-state index contributed by atoms with van der Waals surface area (Å²) in [5, 5.41) is 13.1. The molecule has 0 amide bonds. The van der Waals surface area contributed by atoms with E-state index < -0.39 is 0 Å². The van der Waals surface area contributed by atoms with Gasteiger partial charge in [0.15, 0.2) is 0 Å². The van der Waals surface area contributed by atoms with Crippen molar-refractivity contribution in [2.24, 2.45) is 0 Å². The topological polar surface area (TPSA) is 32.3 Å². The smallest absolute Gasteiger partial charge is 0.0693 e. The summed E-state index contributed by atoms with van der Waals surface area (Å²) >= 11 is 1.76. The van der Waals surface area contributed by atoms with Gasteiger partial charge in [0.05, 0.1) is 11.9 Å². The van der Waals surface area contributed by atoms with Gasteiger partial charge in [0.2, 0.25) is 0 Å². The predicted octanol–water partition coefficient (Wildman–Crippen LogP) is 1.25. The van der Waals surface area contributed by atoms with E-state index in [1.807, 2.05) is 0 Å². The minimum atomic E-state index is -0.138. The number of hydrogen-bond donors (Lipinski definition) is 2. The average Bonchev–Trinajstić information content (AvgIpc) is 2.20. The predicted molar refractivity (Wildman–Crippen MR) is 62.4 cm³/mol. The zero-order valence-corrected chi connectivity index (χ0v) is 9.35. The highest BCUT2D eigenvalue weighted by Gasteiger charge is 2.21. The van der Waals surface area contributed by atoms with Gasteiger partial charge in [-0.3, -0.25) is 0 Å². The molecule has 2 atom stereocenters. The van der Waals surface area contributed by atoms with Gasteiger partial charge < -0.3 is 10.4 Å². The number of aliphatic hydroxyl groups excluding tert-OH is 1. The van der Waals surface area contributed by atoms with E-state index in [2.05, 4.69) is 11.2 Å². The normalized spacial score (nSPS) is 27.1. The first-order chi connectivity index (χ1) is 6.84. The van der Waals surface area contributed by atoms with Gasteiger partial charge in [-0.2, -0.15) is 0 Å². The summed E-state index contributed by atoms with van der Waals surface area (Å²) in [5.41, 5.74) is 0. The lowest BCUT2D eigenvalue weighted by Gasteiger charge is -2.28. The second-order valence-electron chi connectivity index (χ2n) is 3.67. The first kappa shape index (κ1) is 11.9. The molecule has 1 rings (SSSR count). The Morgan fingerprint density at radius 2 is 2.21 bits per heavy atom. The van der Waals surface area contributed by atoms with Gasteiger partial charge in [0, 0.05) is 18.3 Å². The van der Waals surface area contributed by atoms with E-state index in [1.54, 1.807) is 11.8 Å². The largest absolute Gasteiger partial charge is 0.392 e. The monoisotopic (exact) mass is 213 g/mol. The van der Waals surface area contributed by atoms with Gasteiger partial charge >= 0.3 is 0 Å². The van der Waals surface area contributed by atoms with E-state index in [-0.39, 0.29) is 6.10 Å². The van der Waals surface area contributed by atoms with Crippen molar-refractivity contribution in [3.8, 4) is 12.3 Å². The summed E-state index contributed by atoms with van der Waals surface area (Å²) in [5.74, 6) is 4.42. The number of nitrogens with one attached hydrogen (secondary N) is 1. The molecule has 1 saturated carbocycles. The van der Waals surface area contributed by atoms with Crippen molar-refractivity contribution in [1.82, 2.24) is 5.32 Å². The highest BCUT2D eigenvalue weighted by molar-refractivity contribution is 7.99. The summed E-state index contributed by atoms with van der Waals surface area (Å²) in [6.07, 6.45) is 9.49. The lowest BCUT2D eigenvalue weighted by atomic mass is 9.93. The van der Waals surface area contributed by atoms with Crippen LogP contribution in [-0.2, 0) is 0 Å². The number of terminal acetylenes is 1. The molecule has 0 aliphatic heterocycles. The lowest BCUT2D eigenvalue weighted by molar-refractivity contribution is 0.0921. The Balaban J connectivity index is 2.02. The Hall–Kier alpha value is -0.170. The molecule has 1 fully saturated rings. The van der Waals surface area contributed by atoms with E-state index in [0.29, 0.717) is 6.04 Å². The minimum Gasteiger partial charge on any atom is -0.392 e. The van der Waals surface area contributed by atoms with Crippen LogP contribution in [0.3, 0.4) is 0 Å². The molecule has 80 valence electrons. The van der Waals surface area contributed by atoms with E-state index >= 15 is 0 Å². The average molecular weight is 213 g/mol. The van der Waals surface area contributed by atoms with Crippen LogP contribution in [0.15, 0.2) is 0 Å². The Labute approximate surface area is 90.8 Å². The molecule has 0 saturated heterocycles. The molecule has 14 heavy (non-hydrogen) atoms. The maximum absolute atomic E-state index is 9.67. The van der Waals surface area contributed by atoms with Crippen molar-refractivity contribution in [2.75, 3.05) is 18.1 Å². The molecule has 2 N–H and O–H groups in total. The maximum atomic E-state index is 9.67. The van der Waals surface area contributed by atoms with Crippen molar-refractivity contribution in [3.63, 3.8) is 0 Å². The van der Waals surface area contributed by atoms with Crippen LogP contribution in [0.2, 0.25) is 0 Å².